The Bertz CT molecular complexity index is 575. The van der Waals surface area contributed by atoms with Crippen LogP contribution in [0.15, 0.2) is 46.6 Å². The van der Waals surface area contributed by atoms with Crippen LogP contribution < -0.4 is 0 Å². The number of hydrogen-bond acceptors (Lipinski definition) is 6. The molecule has 1 N–H and O–H groups in total. The summed E-state index contributed by atoms with van der Waals surface area (Å²) in [5, 5.41) is 9.91. The maximum Gasteiger partial charge on any atom is 0.358 e. The number of esters is 1. The van der Waals surface area contributed by atoms with E-state index in [1.807, 2.05) is 6.07 Å². The molecule has 0 atom stereocenters. The van der Waals surface area contributed by atoms with Gasteiger partial charge in [0.2, 0.25) is 0 Å². The Hall–Kier alpha value is -2.08. The number of carbonyl (C=O) groups is 1. The molecule has 0 aliphatic heterocycles. The number of methoxy groups -OCH3 is 1. The third-order valence-corrected chi connectivity index (χ3v) is 2.94. The highest BCUT2D eigenvalue weighted by molar-refractivity contribution is 7.99. The molecule has 0 radical (unpaired) electrons. The summed E-state index contributed by atoms with van der Waals surface area (Å²) in [6.45, 7) is 0. The lowest BCUT2D eigenvalue weighted by Gasteiger charge is -2.03. The maximum atomic E-state index is 11.3. The number of aromatic hydroxyl groups is 1. The third-order valence-electron chi connectivity index (χ3n) is 2.05. The SMILES string of the molecule is COC(=O)c1cncc(Sc2cccc(O)c2)n1. The molecule has 1 heterocycles. The molecule has 1 aromatic heterocycles. The van der Waals surface area contributed by atoms with Crippen LogP contribution in [0.5, 0.6) is 5.75 Å². The van der Waals surface area contributed by atoms with Gasteiger partial charge in [0.25, 0.3) is 0 Å². The van der Waals surface area contributed by atoms with E-state index < -0.39 is 5.97 Å². The second-order valence-electron chi connectivity index (χ2n) is 3.33. The van der Waals surface area contributed by atoms with Crippen molar-refractivity contribution in [1.29, 1.82) is 0 Å². The second-order valence-corrected chi connectivity index (χ2v) is 4.43. The monoisotopic (exact) mass is 262 g/mol. The van der Waals surface area contributed by atoms with Crippen molar-refractivity contribution < 1.29 is 14.6 Å². The molecule has 0 spiro atoms. The molecule has 18 heavy (non-hydrogen) atoms. The van der Waals surface area contributed by atoms with Crippen molar-refractivity contribution in [2.45, 2.75) is 9.92 Å². The van der Waals surface area contributed by atoms with E-state index in [0.29, 0.717) is 5.03 Å². The Morgan fingerprint density at radius 3 is 2.94 bits per heavy atom. The van der Waals surface area contributed by atoms with Crippen molar-refractivity contribution in [3.05, 3.63) is 42.4 Å². The first-order valence-corrected chi connectivity index (χ1v) is 5.88. The number of benzene rings is 1. The number of hydrogen-bond donors (Lipinski definition) is 1. The zero-order chi connectivity index (χ0) is 13.0. The fourth-order valence-electron chi connectivity index (χ4n) is 1.27. The van der Waals surface area contributed by atoms with Gasteiger partial charge in [-0.2, -0.15) is 0 Å². The minimum atomic E-state index is -0.527. The van der Waals surface area contributed by atoms with Gasteiger partial charge in [0.1, 0.15) is 10.8 Å². The van der Waals surface area contributed by atoms with E-state index in [2.05, 4.69) is 14.7 Å². The Labute approximate surface area is 108 Å². The molecule has 0 saturated heterocycles. The van der Waals surface area contributed by atoms with E-state index in [4.69, 9.17) is 0 Å². The maximum absolute atomic E-state index is 11.3. The van der Waals surface area contributed by atoms with Crippen molar-refractivity contribution in [3.8, 4) is 5.75 Å². The first-order valence-electron chi connectivity index (χ1n) is 5.06. The smallest absolute Gasteiger partial charge is 0.358 e. The molecule has 2 rings (SSSR count). The molecule has 1 aromatic carbocycles. The topological polar surface area (TPSA) is 72.3 Å². The predicted molar refractivity (Wildman–Crippen MR) is 65.6 cm³/mol. The zero-order valence-electron chi connectivity index (χ0n) is 9.53. The average molecular weight is 262 g/mol. The van der Waals surface area contributed by atoms with Gasteiger partial charge in [0.15, 0.2) is 5.69 Å². The zero-order valence-corrected chi connectivity index (χ0v) is 10.3. The molecular formula is C12H10N2O3S. The van der Waals surface area contributed by atoms with E-state index in [1.165, 1.54) is 25.1 Å². The molecule has 0 aliphatic rings. The van der Waals surface area contributed by atoms with Gasteiger partial charge >= 0.3 is 5.97 Å². The molecular weight excluding hydrogens is 252 g/mol. The summed E-state index contributed by atoms with van der Waals surface area (Å²) in [6.07, 6.45) is 2.89. The van der Waals surface area contributed by atoms with Gasteiger partial charge in [-0.15, -0.1) is 0 Å². The van der Waals surface area contributed by atoms with Crippen molar-refractivity contribution in [2.24, 2.45) is 0 Å². The molecule has 0 unspecified atom stereocenters. The number of phenols is 1. The van der Waals surface area contributed by atoms with Crippen LogP contribution in [0.25, 0.3) is 0 Å². The normalized spacial score (nSPS) is 10.1. The van der Waals surface area contributed by atoms with Crippen LogP contribution >= 0.6 is 11.8 Å². The van der Waals surface area contributed by atoms with Crippen LogP contribution in [0.2, 0.25) is 0 Å². The average Bonchev–Trinajstić information content (AvgIpc) is 2.38. The summed E-state index contributed by atoms with van der Waals surface area (Å²) in [5.74, 6) is -0.349. The van der Waals surface area contributed by atoms with Crippen LogP contribution in [-0.2, 0) is 4.74 Å². The molecule has 0 fully saturated rings. The lowest BCUT2D eigenvalue weighted by atomic mass is 10.3. The van der Waals surface area contributed by atoms with Gasteiger partial charge < -0.3 is 9.84 Å². The first-order chi connectivity index (χ1) is 8.69. The van der Waals surface area contributed by atoms with Gasteiger partial charge in [-0.3, -0.25) is 4.98 Å². The van der Waals surface area contributed by atoms with Crippen LogP contribution in [0.3, 0.4) is 0 Å². The second kappa shape index (κ2) is 5.50. The highest BCUT2D eigenvalue weighted by Gasteiger charge is 2.09. The molecule has 0 saturated carbocycles. The standard InChI is InChI=1S/C12H10N2O3S/c1-17-12(16)10-6-13-7-11(14-10)18-9-4-2-3-8(15)5-9/h2-7,15H,1H3. The fourth-order valence-corrected chi connectivity index (χ4v) is 2.09. The van der Waals surface area contributed by atoms with Crippen LogP contribution in [-0.4, -0.2) is 28.2 Å². The Morgan fingerprint density at radius 2 is 2.22 bits per heavy atom. The number of phenolic OH excluding ortho intramolecular Hbond substituents is 1. The molecule has 5 nitrogen and oxygen atoms in total. The van der Waals surface area contributed by atoms with Crippen molar-refractivity contribution in [1.82, 2.24) is 9.97 Å². The van der Waals surface area contributed by atoms with E-state index in [0.717, 1.165) is 4.90 Å². The summed E-state index contributed by atoms with van der Waals surface area (Å²) >= 11 is 1.30. The van der Waals surface area contributed by atoms with Crippen molar-refractivity contribution >= 4 is 17.7 Å². The van der Waals surface area contributed by atoms with Crippen LogP contribution in [0.4, 0.5) is 0 Å². The molecule has 0 amide bonds. The van der Waals surface area contributed by atoms with Crippen molar-refractivity contribution in [3.63, 3.8) is 0 Å². The summed E-state index contributed by atoms with van der Waals surface area (Å²) in [7, 11) is 1.29. The largest absolute Gasteiger partial charge is 0.508 e. The van der Waals surface area contributed by atoms with E-state index in [1.54, 1.807) is 24.4 Å². The Morgan fingerprint density at radius 1 is 1.39 bits per heavy atom. The number of ether oxygens (including phenoxy) is 1. The summed E-state index contributed by atoms with van der Waals surface area (Å²) in [4.78, 5) is 20.1. The number of rotatable bonds is 3. The number of carbonyl (C=O) groups excluding carboxylic acids is 1. The number of aromatic nitrogens is 2. The molecule has 0 aliphatic carbocycles. The minimum absolute atomic E-state index is 0.155. The molecule has 0 bridgehead atoms. The van der Waals surface area contributed by atoms with Crippen LogP contribution in [0, 0.1) is 0 Å². The minimum Gasteiger partial charge on any atom is -0.508 e. The van der Waals surface area contributed by atoms with Gasteiger partial charge in [-0.05, 0) is 18.2 Å². The summed E-state index contributed by atoms with van der Waals surface area (Å²) in [5.41, 5.74) is 0.155. The van der Waals surface area contributed by atoms with E-state index in [9.17, 15) is 9.90 Å². The van der Waals surface area contributed by atoms with E-state index >= 15 is 0 Å². The Balaban J connectivity index is 2.22. The number of nitrogens with zero attached hydrogens (tertiary/aromatic N) is 2. The van der Waals surface area contributed by atoms with Crippen molar-refractivity contribution in [2.75, 3.05) is 7.11 Å². The molecule has 2 aromatic rings. The predicted octanol–water partition coefficient (Wildman–Crippen LogP) is 2.12. The summed E-state index contributed by atoms with van der Waals surface area (Å²) in [6, 6.07) is 6.75. The molecule has 6 heteroatoms. The van der Waals surface area contributed by atoms with Crippen LogP contribution in [0.1, 0.15) is 10.5 Å². The van der Waals surface area contributed by atoms with E-state index in [-0.39, 0.29) is 11.4 Å². The van der Waals surface area contributed by atoms with Gasteiger partial charge in [-0.1, -0.05) is 17.8 Å². The van der Waals surface area contributed by atoms with Gasteiger partial charge in [0.05, 0.1) is 19.5 Å². The lowest BCUT2D eigenvalue weighted by Crippen LogP contribution is -2.05. The molecule has 92 valence electrons. The van der Waals surface area contributed by atoms with Gasteiger partial charge in [0, 0.05) is 4.90 Å². The highest BCUT2D eigenvalue weighted by atomic mass is 32.2. The highest BCUT2D eigenvalue weighted by Crippen LogP contribution is 2.27. The lowest BCUT2D eigenvalue weighted by molar-refractivity contribution is 0.0592. The first kappa shape index (κ1) is 12.4. The third kappa shape index (κ3) is 2.98. The van der Waals surface area contributed by atoms with Gasteiger partial charge in [-0.25, -0.2) is 9.78 Å². The summed E-state index contributed by atoms with van der Waals surface area (Å²) < 4.78 is 4.57. The fraction of sp³-hybridized carbons (Fsp3) is 0.0833. The Kier molecular flexibility index (Phi) is 3.78. The quantitative estimate of drug-likeness (QED) is 0.854.